The van der Waals surface area contributed by atoms with Crippen molar-refractivity contribution in [3.63, 3.8) is 0 Å². The van der Waals surface area contributed by atoms with Crippen molar-refractivity contribution in [3.8, 4) is 17.3 Å². The van der Waals surface area contributed by atoms with Crippen LogP contribution in [0.2, 0.25) is 0 Å². The summed E-state index contributed by atoms with van der Waals surface area (Å²) < 4.78 is 15.2. The van der Waals surface area contributed by atoms with E-state index in [1.54, 1.807) is 10.9 Å². The number of halogens is 1. The lowest BCUT2D eigenvalue weighted by atomic mass is 10.0. The number of primary amides is 1. The molecule has 0 atom stereocenters. The Labute approximate surface area is 172 Å². The van der Waals surface area contributed by atoms with Crippen LogP contribution in [0.1, 0.15) is 38.3 Å². The molecule has 30 heavy (non-hydrogen) atoms. The van der Waals surface area contributed by atoms with Gasteiger partial charge in [-0.15, -0.1) is 0 Å². The number of carbonyl (C=O) groups excluding carboxylic acids is 2. The van der Waals surface area contributed by atoms with Crippen LogP contribution in [-0.2, 0) is 6.54 Å². The second kappa shape index (κ2) is 8.57. The molecular formula is C22H20FN5O2. The number of nitrogens with one attached hydrogen (secondary N) is 1. The molecule has 152 valence electrons. The van der Waals surface area contributed by atoms with Gasteiger partial charge in [0.1, 0.15) is 11.5 Å². The molecule has 7 nitrogen and oxygen atoms in total. The highest BCUT2D eigenvalue weighted by atomic mass is 19.1. The molecule has 0 saturated carbocycles. The molecule has 0 radical (unpaired) electrons. The number of hydrogen-bond donors (Lipinski definition) is 2. The standard InChI is InChI=1S/C22H20FN5O2/c1-13-4-5-15(10-14(13)2)20-18(12-28(27-20)9-3-8-24)22(30)26-16-6-7-19(23)17(11-16)21(25)29/h4-7,10-12H,3,9H2,1-2H3,(H2,25,29)(H,26,30). The normalized spacial score (nSPS) is 10.5. The number of nitrogens with two attached hydrogens (primary N) is 1. The molecule has 0 fully saturated rings. The second-order valence-electron chi connectivity index (χ2n) is 6.87. The molecule has 3 rings (SSSR count). The largest absolute Gasteiger partial charge is 0.366 e. The molecule has 0 aliphatic heterocycles. The minimum Gasteiger partial charge on any atom is -0.366 e. The summed E-state index contributed by atoms with van der Waals surface area (Å²) in [5, 5.41) is 16.0. The molecular weight excluding hydrogens is 385 g/mol. The predicted molar refractivity (Wildman–Crippen MR) is 110 cm³/mol. The first kappa shape index (κ1) is 20.7. The molecule has 0 aliphatic carbocycles. The molecule has 0 saturated heterocycles. The Balaban J connectivity index is 1.99. The summed E-state index contributed by atoms with van der Waals surface area (Å²) in [4.78, 5) is 24.3. The molecule has 0 unspecified atom stereocenters. The van der Waals surface area contributed by atoms with Crippen LogP contribution in [0, 0.1) is 31.0 Å². The molecule has 3 aromatic rings. The first-order valence-electron chi connectivity index (χ1n) is 9.23. The van der Waals surface area contributed by atoms with Gasteiger partial charge in [0.2, 0.25) is 0 Å². The van der Waals surface area contributed by atoms with Gasteiger partial charge < -0.3 is 11.1 Å². The third-order valence-corrected chi connectivity index (χ3v) is 4.73. The molecule has 2 aromatic carbocycles. The van der Waals surface area contributed by atoms with Crippen molar-refractivity contribution in [2.75, 3.05) is 5.32 Å². The summed E-state index contributed by atoms with van der Waals surface area (Å²) in [6.07, 6.45) is 1.81. The second-order valence-corrected chi connectivity index (χ2v) is 6.87. The number of hydrogen-bond acceptors (Lipinski definition) is 4. The Kier molecular flexibility index (Phi) is 5.93. The maximum Gasteiger partial charge on any atom is 0.259 e. The molecule has 2 amide bonds. The molecule has 0 aliphatic rings. The van der Waals surface area contributed by atoms with Gasteiger partial charge in [-0.25, -0.2) is 4.39 Å². The van der Waals surface area contributed by atoms with Crippen molar-refractivity contribution >= 4 is 17.5 Å². The Hall–Kier alpha value is -3.99. The van der Waals surface area contributed by atoms with Crippen molar-refractivity contribution in [2.24, 2.45) is 5.73 Å². The minimum atomic E-state index is -0.927. The van der Waals surface area contributed by atoms with E-state index in [-0.39, 0.29) is 17.7 Å². The number of aromatic nitrogens is 2. The van der Waals surface area contributed by atoms with E-state index < -0.39 is 17.6 Å². The lowest BCUT2D eigenvalue weighted by Gasteiger charge is -2.08. The predicted octanol–water partition coefficient (Wildman–Crippen LogP) is 3.57. The van der Waals surface area contributed by atoms with E-state index in [1.807, 2.05) is 32.0 Å². The van der Waals surface area contributed by atoms with E-state index in [2.05, 4.69) is 16.5 Å². The summed E-state index contributed by atoms with van der Waals surface area (Å²) in [5.74, 6) is -2.17. The van der Waals surface area contributed by atoms with Crippen molar-refractivity contribution < 1.29 is 14.0 Å². The summed E-state index contributed by atoms with van der Waals surface area (Å²) in [6.45, 7) is 4.29. The monoisotopic (exact) mass is 405 g/mol. The molecule has 1 heterocycles. The highest BCUT2D eigenvalue weighted by molar-refractivity contribution is 6.08. The van der Waals surface area contributed by atoms with Crippen LogP contribution in [0.25, 0.3) is 11.3 Å². The van der Waals surface area contributed by atoms with Gasteiger partial charge in [-0.1, -0.05) is 12.1 Å². The zero-order chi connectivity index (χ0) is 21.8. The van der Waals surface area contributed by atoms with E-state index in [4.69, 9.17) is 11.0 Å². The number of aryl methyl sites for hydroxylation is 3. The van der Waals surface area contributed by atoms with Crippen LogP contribution >= 0.6 is 0 Å². The van der Waals surface area contributed by atoms with E-state index in [9.17, 15) is 14.0 Å². The van der Waals surface area contributed by atoms with Gasteiger partial charge in [-0.3, -0.25) is 14.3 Å². The van der Waals surface area contributed by atoms with E-state index in [1.165, 1.54) is 12.1 Å². The smallest absolute Gasteiger partial charge is 0.259 e. The molecule has 8 heteroatoms. The first-order valence-corrected chi connectivity index (χ1v) is 9.23. The maximum atomic E-state index is 13.7. The average Bonchev–Trinajstić information content (AvgIpc) is 3.14. The lowest BCUT2D eigenvalue weighted by Crippen LogP contribution is -2.16. The molecule has 0 bridgehead atoms. The number of amides is 2. The number of benzene rings is 2. The van der Waals surface area contributed by atoms with Crippen LogP contribution in [0.5, 0.6) is 0 Å². The summed E-state index contributed by atoms with van der Waals surface area (Å²) >= 11 is 0. The maximum absolute atomic E-state index is 13.7. The van der Waals surface area contributed by atoms with Gasteiger partial charge in [0.05, 0.1) is 30.2 Å². The van der Waals surface area contributed by atoms with Gasteiger partial charge in [-0.05, 0) is 49.2 Å². The summed E-state index contributed by atoms with van der Waals surface area (Å²) in [6, 6.07) is 11.4. The van der Waals surface area contributed by atoms with Gasteiger partial charge in [0.15, 0.2) is 0 Å². The highest BCUT2D eigenvalue weighted by Crippen LogP contribution is 2.26. The Bertz CT molecular complexity index is 1180. The SMILES string of the molecule is Cc1ccc(-c2nn(CCC#N)cc2C(=O)Nc2ccc(F)c(C(N)=O)c2)cc1C. The zero-order valence-corrected chi connectivity index (χ0v) is 16.6. The van der Waals surface area contributed by atoms with Crippen LogP contribution in [0.15, 0.2) is 42.6 Å². The van der Waals surface area contributed by atoms with E-state index in [0.29, 0.717) is 17.8 Å². The first-order chi connectivity index (χ1) is 14.3. The minimum absolute atomic E-state index is 0.228. The van der Waals surface area contributed by atoms with E-state index in [0.717, 1.165) is 22.8 Å². The van der Waals surface area contributed by atoms with Crippen molar-refractivity contribution in [1.82, 2.24) is 9.78 Å². The molecule has 1 aromatic heterocycles. The summed E-state index contributed by atoms with van der Waals surface area (Å²) in [5.41, 5.74) is 8.76. The van der Waals surface area contributed by atoms with Crippen LogP contribution in [0.4, 0.5) is 10.1 Å². The number of rotatable bonds is 6. The fourth-order valence-corrected chi connectivity index (χ4v) is 2.96. The Morgan fingerprint density at radius 3 is 2.60 bits per heavy atom. The number of nitrogens with zero attached hydrogens (tertiary/aromatic N) is 3. The van der Waals surface area contributed by atoms with Gasteiger partial charge in [0, 0.05) is 17.4 Å². The number of carbonyl (C=O) groups is 2. The Morgan fingerprint density at radius 2 is 1.93 bits per heavy atom. The average molecular weight is 405 g/mol. The van der Waals surface area contributed by atoms with Crippen molar-refractivity contribution in [1.29, 1.82) is 5.26 Å². The molecule has 3 N–H and O–H groups in total. The van der Waals surface area contributed by atoms with E-state index >= 15 is 0 Å². The summed E-state index contributed by atoms with van der Waals surface area (Å²) in [7, 11) is 0. The number of nitriles is 1. The fourth-order valence-electron chi connectivity index (χ4n) is 2.96. The molecule has 0 spiro atoms. The van der Waals surface area contributed by atoms with Crippen molar-refractivity contribution in [3.05, 3.63) is 70.7 Å². The zero-order valence-electron chi connectivity index (χ0n) is 16.6. The quantitative estimate of drug-likeness (QED) is 0.652. The Morgan fingerprint density at radius 1 is 1.17 bits per heavy atom. The van der Waals surface area contributed by atoms with Crippen LogP contribution in [-0.4, -0.2) is 21.6 Å². The topological polar surface area (TPSA) is 114 Å². The van der Waals surface area contributed by atoms with Crippen LogP contribution in [0.3, 0.4) is 0 Å². The van der Waals surface area contributed by atoms with Crippen LogP contribution < -0.4 is 11.1 Å². The lowest BCUT2D eigenvalue weighted by molar-refractivity contribution is 0.0992. The number of anilines is 1. The van der Waals surface area contributed by atoms with Gasteiger partial charge >= 0.3 is 0 Å². The van der Waals surface area contributed by atoms with Gasteiger partial charge in [0.25, 0.3) is 11.8 Å². The fraction of sp³-hybridized carbons (Fsp3) is 0.182. The van der Waals surface area contributed by atoms with Gasteiger partial charge in [-0.2, -0.15) is 10.4 Å². The third-order valence-electron chi connectivity index (χ3n) is 4.73. The van der Waals surface area contributed by atoms with Crippen molar-refractivity contribution in [2.45, 2.75) is 26.8 Å². The third kappa shape index (κ3) is 4.36. The highest BCUT2D eigenvalue weighted by Gasteiger charge is 2.19.